The first-order valence-corrected chi connectivity index (χ1v) is 7.26. The summed E-state index contributed by atoms with van der Waals surface area (Å²) >= 11 is 3.05. The van der Waals surface area contributed by atoms with E-state index in [1.165, 1.54) is 6.92 Å². The highest BCUT2D eigenvalue weighted by molar-refractivity contribution is 9.11. The van der Waals surface area contributed by atoms with Gasteiger partial charge in [0.15, 0.2) is 13.5 Å². The van der Waals surface area contributed by atoms with Gasteiger partial charge in [0.05, 0.1) is 0 Å². The number of nitrogen functional groups attached to an aromatic ring is 1. The van der Waals surface area contributed by atoms with E-state index in [-0.39, 0.29) is 0 Å². The number of alkyl halides is 1. The topological polar surface area (TPSA) is 80.4 Å². The Morgan fingerprint density at radius 3 is 2.19 bits per heavy atom. The van der Waals surface area contributed by atoms with Gasteiger partial charge in [-0.25, -0.2) is 8.42 Å². The second-order valence-corrected chi connectivity index (χ2v) is 8.39. The molecule has 0 aromatic heterocycles. The molecule has 0 bridgehead atoms. The smallest absolute Gasteiger partial charge is 0.165 e. The van der Waals surface area contributed by atoms with Crippen LogP contribution in [-0.2, 0) is 9.84 Å². The van der Waals surface area contributed by atoms with Crippen molar-refractivity contribution in [3.8, 4) is 0 Å². The Balaban J connectivity index is 3.12. The summed E-state index contributed by atoms with van der Waals surface area (Å²) in [6.07, 6.45) is -0.0782. The molecule has 0 saturated heterocycles. The minimum absolute atomic E-state index is 0.499. The van der Waals surface area contributed by atoms with Gasteiger partial charge in [-0.3, -0.25) is 0 Å². The van der Waals surface area contributed by atoms with Gasteiger partial charge in [-0.1, -0.05) is 28.1 Å². The molecule has 3 N–H and O–H groups in total. The molecule has 0 aliphatic carbocycles. The molecule has 90 valence electrons. The number of anilines is 1. The molecule has 2 unspecified atom stereocenters. The minimum atomic E-state index is -3.42. The largest absolute Gasteiger partial charge is 0.399 e. The fourth-order valence-corrected chi connectivity index (χ4v) is 1.98. The van der Waals surface area contributed by atoms with Crippen LogP contribution < -0.4 is 5.73 Å². The van der Waals surface area contributed by atoms with Crippen molar-refractivity contribution in [1.29, 1.82) is 0 Å². The molecule has 0 heterocycles. The quantitative estimate of drug-likeness (QED) is 0.654. The van der Waals surface area contributed by atoms with Crippen LogP contribution in [-0.4, -0.2) is 23.4 Å². The number of nitrogens with two attached hydrogens (primary N) is 1. The van der Waals surface area contributed by atoms with Crippen LogP contribution in [0.15, 0.2) is 24.3 Å². The molecule has 0 amide bonds. The van der Waals surface area contributed by atoms with E-state index in [0.717, 1.165) is 6.26 Å². The molecule has 0 radical (unpaired) electrons. The molecular formula is C10H14BrNO3S. The number of rotatable bonds is 3. The molecule has 0 aliphatic heterocycles. The van der Waals surface area contributed by atoms with E-state index in [1.807, 2.05) is 0 Å². The van der Waals surface area contributed by atoms with E-state index in [2.05, 4.69) is 15.9 Å². The summed E-state index contributed by atoms with van der Waals surface area (Å²) in [5.74, 6) is 0. The monoisotopic (exact) mass is 307 g/mol. The Bertz CT molecular complexity index is 467. The fraction of sp³-hybridized carbons (Fsp3) is 0.400. The number of hydrogen-bond acceptors (Lipinski definition) is 4. The van der Waals surface area contributed by atoms with Crippen LogP contribution in [0.25, 0.3) is 0 Å². The zero-order valence-corrected chi connectivity index (χ0v) is 11.4. The molecule has 1 aromatic rings. The van der Waals surface area contributed by atoms with Crippen molar-refractivity contribution in [3.63, 3.8) is 0 Å². The predicted molar refractivity (Wildman–Crippen MR) is 68.0 cm³/mol. The van der Waals surface area contributed by atoms with E-state index >= 15 is 0 Å². The minimum Gasteiger partial charge on any atom is -0.399 e. The number of aliphatic hydroxyl groups excluding tert-OH is 1. The molecule has 1 rings (SSSR count). The molecule has 0 spiro atoms. The number of benzene rings is 1. The van der Waals surface area contributed by atoms with Crippen molar-refractivity contribution < 1.29 is 13.5 Å². The third-order valence-corrected chi connectivity index (χ3v) is 6.34. The maximum Gasteiger partial charge on any atom is 0.165 e. The maximum atomic E-state index is 11.5. The third-order valence-electron chi connectivity index (χ3n) is 2.47. The Hall–Kier alpha value is -0.590. The second kappa shape index (κ2) is 4.35. The van der Waals surface area contributed by atoms with E-state index in [1.54, 1.807) is 24.3 Å². The third kappa shape index (κ3) is 2.56. The molecule has 0 aliphatic rings. The lowest BCUT2D eigenvalue weighted by Crippen LogP contribution is -2.34. The lowest BCUT2D eigenvalue weighted by atomic mass is 10.1. The van der Waals surface area contributed by atoms with Crippen LogP contribution in [0.2, 0.25) is 0 Å². The highest BCUT2D eigenvalue weighted by atomic mass is 79.9. The van der Waals surface area contributed by atoms with Gasteiger partial charge in [0.25, 0.3) is 0 Å². The van der Waals surface area contributed by atoms with Gasteiger partial charge in [0.1, 0.15) is 6.10 Å². The highest BCUT2D eigenvalue weighted by Crippen LogP contribution is 2.37. The van der Waals surface area contributed by atoms with Crippen molar-refractivity contribution in [3.05, 3.63) is 29.8 Å². The SMILES string of the molecule is CC(Br)(C(O)c1ccc(N)cc1)S(C)(=O)=O. The first-order valence-electron chi connectivity index (χ1n) is 4.58. The standard InChI is InChI=1S/C10H14BrNO3S/c1-10(11,16(2,14)15)9(13)7-3-5-8(12)6-4-7/h3-6,9,13H,12H2,1-2H3. The van der Waals surface area contributed by atoms with E-state index in [9.17, 15) is 13.5 Å². The molecule has 1 aromatic carbocycles. The lowest BCUT2D eigenvalue weighted by Gasteiger charge is -2.26. The van der Waals surface area contributed by atoms with Gasteiger partial charge < -0.3 is 10.8 Å². The first-order chi connectivity index (χ1) is 7.16. The van der Waals surface area contributed by atoms with Gasteiger partial charge in [-0.05, 0) is 24.6 Å². The van der Waals surface area contributed by atoms with E-state index in [4.69, 9.17) is 5.73 Å². The number of aliphatic hydroxyl groups is 1. The number of sulfone groups is 1. The number of halogens is 1. The molecule has 0 saturated carbocycles. The summed E-state index contributed by atoms with van der Waals surface area (Å²) in [7, 11) is -3.42. The number of hydrogen-bond donors (Lipinski definition) is 2. The van der Waals surface area contributed by atoms with Crippen molar-refractivity contribution in [1.82, 2.24) is 0 Å². The average molecular weight is 308 g/mol. The maximum absolute atomic E-state index is 11.5. The normalized spacial score (nSPS) is 17.8. The van der Waals surface area contributed by atoms with E-state index < -0.39 is 19.6 Å². The van der Waals surface area contributed by atoms with Crippen molar-refractivity contribution in [2.24, 2.45) is 0 Å². The lowest BCUT2D eigenvalue weighted by molar-refractivity contribution is 0.168. The van der Waals surface area contributed by atoms with Crippen LogP contribution in [0.5, 0.6) is 0 Å². The van der Waals surface area contributed by atoms with Crippen LogP contribution >= 0.6 is 15.9 Å². The highest BCUT2D eigenvalue weighted by Gasteiger charge is 2.41. The summed E-state index contributed by atoms with van der Waals surface area (Å²) in [6, 6.07) is 6.43. The van der Waals surface area contributed by atoms with Crippen LogP contribution in [0.4, 0.5) is 5.69 Å². The molecule has 0 fully saturated rings. The molecule has 6 heteroatoms. The van der Waals surface area contributed by atoms with Gasteiger partial charge in [0.2, 0.25) is 0 Å². The molecule has 4 nitrogen and oxygen atoms in total. The van der Waals surface area contributed by atoms with Crippen molar-refractivity contribution >= 4 is 31.5 Å². The van der Waals surface area contributed by atoms with Crippen LogP contribution in [0.3, 0.4) is 0 Å². The second-order valence-electron chi connectivity index (χ2n) is 3.83. The van der Waals surface area contributed by atoms with Gasteiger partial charge in [-0.2, -0.15) is 0 Å². The zero-order chi connectivity index (χ0) is 12.6. The Morgan fingerprint density at radius 1 is 1.38 bits per heavy atom. The first kappa shape index (κ1) is 13.5. The average Bonchev–Trinajstić information content (AvgIpc) is 2.16. The Morgan fingerprint density at radius 2 is 1.81 bits per heavy atom. The summed E-state index contributed by atoms with van der Waals surface area (Å²) < 4.78 is 21.6. The summed E-state index contributed by atoms with van der Waals surface area (Å²) in [5.41, 5.74) is 6.57. The summed E-state index contributed by atoms with van der Waals surface area (Å²) in [4.78, 5) is 0. The molecule has 16 heavy (non-hydrogen) atoms. The molecule has 2 atom stereocenters. The van der Waals surface area contributed by atoms with E-state index in [0.29, 0.717) is 11.3 Å². The molecular weight excluding hydrogens is 294 g/mol. The fourth-order valence-electron chi connectivity index (χ4n) is 1.18. The Labute approximate surface area is 104 Å². The summed E-state index contributed by atoms with van der Waals surface area (Å²) in [6.45, 7) is 1.42. The van der Waals surface area contributed by atoms with Crippen LogP contribution in [0, 0.1) is 0 Å². The zero-order valence-electron chi connectivity index (χ0n) is 9.01. The van der Waals surface area contributed by atoms with Gasteiger partial charge in [0, 0.05) is 11.9 Å². The van der Waals surface area contributed by atoms with Crippen molar-refractivity contribution in [2.75, 3.05) is 12.0 Å². The van der Waals surface area contributed by atoms with Gasteiger partial charge in [-0.15, -0.1) is 0 Å². The van der Waals surface area contributed by atoms with Gasteiger partial charge >= 0.3 is 0 Å². The van der Waals surface area contributed by atoms with Crippen LogP contribution in [0.1, 0.15) is 18.6 Å². The summed E-state index contributed by atoms with van der Waals surface area (Å²) in [5, 5.41) is 10.0. The van der Waals surface area contributed by atoms with Crippen molar-refractivity contribution in [2.45, 2.75) is 16.7 Å². The Kier molecular flexibility index (Phi) is 3.66. The predicted octanol–water partition coefficient (Wildman–Crippen LogP) is 1.46.